The van der Waals surface area contributed by atoms with Gasteiger partial charge in [0, 0.05) is 34.9 Å². The van der Waals surface area contributed by atoms with Crippen LogP contribution in [0.3, 0.4) is 0 Å². The molecule has 0 amide bonds. The molecule has 29 heavy (non-hydrogen) atoms. The first-order chi connectivity index (χ1) is 14.2. The predicted octanol–water partition coefficient (Wildman–Crippen LogP) is 9.95. The van der Waals surface area contributed by atoms with Crippen LogP contribution in [0.1, 0.15) is 60.8 Å². The lowest BCUT2D eigenvalue weighted by atomic mass is 10.0. The number of unbranched alkanes of at least 4 members (excludes halogenated alkanes) is 5. The molecule has 0 spiro atoms. The summed E-state index contributed by atoms with van der Waals surface area (Å²) in [5.41, 5.74) is 2.81. The molecule has 3 aromatic heterocycles. The van der Waals surface area contributed by atoms with Crippen molar-refractivity contribution >= 4 is 59.3 Å². The Bertz CT molecular complexity index is 1010. The summed E-state index contributed by atoms with van der Waals surface area (Å²) in [6.07, 6.45) is 10.4. The first-order valence-corrected chi connectivity index (χ1v) is 13.9. The van der Waals surface area contributed by atoms with Gasteiger partial charge < -0.3 is 0 Å². The third-order valence-electron chi connectivity index (χ3n) is 5.34. The van der Waals surface area contributed by atoms with Crippen LogP contribution in [0.15, 0.2) is 52.3 Å². The first kappa shape index (κ1) is 21.3. The molecule has 0 saturated carbocycles. The summed E-state index contributed by atoms with van der Waals surface area (Å²) in [6, 6.07) is 16.1. The van der Waals surface area contributed by atoms with Crippen molar-refractivity contribution in [3.8, 4) is 10.4 Å². The number of aryl methyl sites for hydroxylation is 1. The maximum absolute atomic E-state index is 3.80. The van der Waals surface area contributed by atoms with E-state index < -0.39 is 0 Å². The van der Waals surface area contributed by atoms with Crippen molar-refractivity contribution in [2.24, 2.45) is 0 Å². The average molecular weight is 504 g/mol. The molecule has 3 heterocycles. The molecule has 0 nitrogen and oxygen atoms in total. The fourth-order valence-corrected chi connectivity index (χ4v) is 7.76. The van der Waals surface area contributed by atoms with E-state index >= 15 is 0 Å². The van der Waals surface area contributed by atoms with Crippen molar-refractivity contribution in [1.29, 1.82) is 0 Å². The fourth-order valence-electron chi connectivity index (χ4n) is 3.68. The minimum Gasteiger partial charge on any atom is -0.143 e. The summed E-state index contributed by atoms with van der Waals surface area (Å²) < 4.78 is 4.07. The molecule has 0 bridgehead atoms. The molecule has 0 saturated heterocycles. The molecule has 0 fully saturated rings. The Kier molecular flexibility index (Phi) is 7.63. The molecule has 0 unspecified atom stereocenters. The molecule has 4 heteroatoms. The standard InChI is InChI=1S/C25H27BrS3/c1-2-3-4-5-6-7-8-18-9-11-19(12-10-18)23-17-21(26)24(29-23)15-20-16-25-22(28-20)13-14-27-25/h9-14,16-17H,2-8,15H2,1H3. The van der Waals surface area contributed by atoms with E-state index in [1.54, 1.807) is 0 Å². The quantitative estimate of drug-likeness (QED) is 0.189. The van der Waals surface area contributed by atoms with Crippen LogP contribution < -0.4 is 0 Å². The van der Waals surface area contributed by atoms with Gasteiger partial charge in [0.05, 0.1) is 0 Å². The summed E-state index contributed by atoms with van der Waals surface area (Å²) in [5, 5.41) is 2.18. The molecule has 4 aromatic rings. The van der Waals surface area contributed by atoms with Crippen molar-refractivity contribution in [2.45, 2.75) is 58.3 Å². The van der Waals surface area contributed by atoms with Gasteiger partial charge in [-0.2, -0.15) is 0 Å². The van der Waals surface area contributed by atoms with E-state index in [4.69, 9.17) is 0 Å². The highest BCUT2D eigenvalue weighted by atomic mass is 79.9. The van der Waals surface area contributed by atoms with Crippen molar-refractivity contribution in [2.75, 3.05) is 0 Å². The zero-order valence-electron chi connectivity index (χ0n) is 16.9. The molecule has 4 rings (SSSR count). The Morgan fingerprint density at radius 3 is 2.41 bits per heavy atom. The maximum atomic E-state index is 3.80. The SMILES string of the molecule is CCCCCCCCc1ccc(-c2cc(Br)c(Cc3cc4sccc4s3)s2)cc1. The van der Waals surface area contributed by atoms with Gasteiger partial charge in [-0.3, -0.25) is 0 Å². The lowest BCUT2D eigenvalue weighted by molar-refractivity contribution is 0.607. The van der Waals surface area contributed by atoms with E-state index in [1.807, 2.05) is 34.0 Å². The number of halogens is 1. The van der Waals surface area contributed by atoms with E-state index in [9.17, 15) is 0 Å². The third-order valence-corrected chi connectivity index (χ3v) is 9.59. The van der Waals surface area contributed by atoms with Gasteiger partial charge in [0.1, 0.15) is 0 Å². The normalized spacial score (nSPS) is 11.5. The smallest absolute Gasteiger partial charge is 0.0453 e. The van der Waals surface area contributed by atoms with E-state index in [0.717, 1.165) is 6.42 Å². The second-order valence-corrected chi connectivity index (χ2v) is 11.7. The molecule has 0 aliphatic heterocycles. The van der Waals surface area contributed by atoms with Gasteiger partial charge in [-0.05, 0) is 63.5 Å². The number of fused-ring (bicyclic) bond motifs is 1. The number of hydrogen-bond acceptors (Lipinski definition) is 3. The number of hydrogen-bond donors (Lipinski definition) is 0. The summed E-state index contributed by atoms with van der Waals surface area (Å²) in [5.74, 6) is 0. The molecule has 0 radical (unpaired) electrons. The van der Waals surface area contributed by atoms with Crippen LogP contribution in [0, 0.1) is 0 Å². The Hall–Kier alpha value is -0.940. The van der Waals surface area contributed by atoms with Crippen LogP contribution in [-0.2, 0) is 12.8 Å². The number of benzene rings is 1. The predicted molar refractivity (Wildman–Crippen MR) is 137 cm³/mol. The van der Waals surface area contributed by atoms with Crippen LogP contribution in [0.4, 0.5) is 0 Å². The molecular formula is C25H27BrS3. The average Bonchev–Trinajstić information content (AvgIpc) is 3.41. The molecular weight excluding hydrogens is 476 g/mol. The zero-order chi connectivity index (χ0) is 20.1. The van der Waals surface area contributed by atoms with Crippen LogP contribution in [0.5, 0.6) is 0 Å². The van der Waals surface area contributed by atoms with Crippen molar-refractivity contribution in [1.82, 2.24) is 0 Å². The van der Waals surface area contributed by atoms with Crippen molar-refractivity contribution < 1.29 is 0 Å². The topological polar surface area (TPSA) is 0 Å². The van der Waals surface area contributed by atoms with Crippen LogP contribution in [0.2, 0.25) is 0 Å². The Morgan fingerprint density at radius 2 is 1.62 bits per heavy atom. The summed E-state index contributed by atoms with van der Waals surface area (Å²) in [6.45, 7) is 2.28. The number of thiophene rings is 3. The van der Waals surface area contributed by atoms with Gasteiger partial charge in [0.2, 0.25) is 0 Å². The molecule has 152 valence electrons. The van der Waals surface area contributed by atoms with E-state index in [-0.39, 0.29) is 0 Å². The minimum absolute atomic E-state index is 1.02. The first-order valence-electron chi connectivity index (χ1n) is 10.6. The monoisotopic (exact) mass is 502 g/mol. The fraction of sp³-hybridized carbons (Fsp3) is 0.360. The van der Waals surface area contributed by atoms with Gasteiger partial charge in [-0.15, -0.1) is 34.0 Å². The Balaban J connectivity index is 1.36. The van der Waals surface area contributed by atoms with Crippen LogP contribution in [-0.4, -0.2) is 0 Å². The summed E-state index contributed by atoms with van der Waals surface area (Å²) in [4.78, 5) is 4.23. The molecule has 0 N–H and O–H groups in total. The lowest BCUT2D eigenvalue weighted by Gasteiger charge is -2.04. The summed E-state index contributed by atoms with van der Waals surface area (Å²) >= 11 is 9.48. The zero-order valence-corrected chi connectivity index (χ0v) is 20.9. The summed E-state index contributed by atoms with van der Waals surface area (Å²) in [7, 11) is 0. The molecule has 0 atom stereocenters. The Labute approximate surface area is 194 Å². The lowest BCUT2D eigenvalue weighted by Crippen LogP contribution is -1.86. The van der Waals surface area contributed by atoms with Gasteiger partial charge in [0.25, 0.3) is 0 Å². The van der Waals surface area contributed by atoms with E-state index in [0.29, 0.717) is 0 Å². The van der Waals surface area contributed by atoms with Crippen LogP contribution >= 0.6 is 49.9 Å². The highest BCUT2D eigenvalue weighted by Gasteiger charge is 2.12. The minimum atomic E-state index is 1.02. The highest BCUT2D eigenvalue weighted by molar-refractivity contribution is 9.10. The maximum Gasteiger partial charge on any atom is 0.0453 e. The second kappa shape index (κ2) is 10.4. The van der Waals surface area contributed by atoms with Gasteiger partial charge in [0.15, 0.2) is 0 Å². The number of rotatable bonds is 10. The largest absolute Gasteiger partial charge is 0.143 e. The van der Waals surface area contributed by atoms with E-state index in [2.05, 4.69) is 70.7 Å². The molecule has 1 aromatic carbocycles. The van der Waals surface area contributed by atoms with Crippen molar-refractivity contribution in [3.05, 3.63) is 67.6 Å². The van der Waals surface area contributed by atoms with E-state index in [1.165, 1.54) is 84.6 Å². The Morgan fingerprint density at radius 1 is 0.828 bits per heavy atom. The molecule has 0 aliphatic rings. The van der Waals surface area contributed by atoms with Crippen molar-refractivity contribution in [3.63, 3.8) is 0 Å². The van der Waals surface area contributed by atoms with Gasteiger partial charge >= 0.3 is 0 Å². The third kappa shape index (κ3) is 5.61. The highest BCUT2D eigenvalue weighted by Crippen LogP contribution is 2.38. The second-order valence-electron chi connectivity index (χ2n) is 7.64. The van der Waals surface area contributed by atoms with Gasteiger partial charge in [-0.1, -0.05) is 63.3 Å². The van der Waals surface area contributed by atoms with Crippen LogP contribution in [0.25, 0.3) is 19.8 Å². The molecule has 0 aliphatic carbocycles. The van der Waals surface area contributed by atoms with Gasteiger partial charge in [-0.25, -0.2) is 0 Å².